The van der Waals surface area contributed by atoms with Crippen LogP contribution in [0.2, 0.25) is 0 Å². The Morgan fingerprint density at radius 2 is 2.00 bits per heavy atom. The van der Waals surface area contributed by atoms with Crippen molar-refractivity contribution >= 4 is 23.3 Å². The molecule has 30 heavy (non-hydrogen) atoms. The summed E-state index contributed by atoms with van der Waals surface area (Å²) in [6.07, 6.45) is 4.19. The Balaban J connectivity index is 1.35. The van der Waals surface area contributed by atoms with Crippen LogP contribution in [-0.2, 0) is 14.3 Å². The molecule has 4 saturated carbocycles. The SMILES string of the molecule is CC(OC(=O)CC12CC3CC(CC(O)(C3)C1)C2)C(=O)Nc1ccc(F)c([N+](=O)[O-])c1. The van der Waals surface area contributed by atoms with Gasteiger partial charge in [-0.05, 0) is 74.8 Å². The Kier molecular flexibility index (Phi) is 5.04. The molecule has 0 aliphatic heterocycles. The van der Waals surface area contributed by atoms with Crippen LogP contribution in [0, 0.1) is 33.2 Å². The van der Waals surface area contributed by atoms with E-state index in [0.29, 0.717) is 18.3 Å². The molecule has 1 amide bonds. The van der Waals surface area contributed by atoms with Crippen molar-refractivity contribution < 1.29 is 28.7 Å². The maximum Gasteiger partial charge on any atom is 0.307 e. The van der Waals surface area contributed by atoms with Crippen molar-refractivity contribution in [3.63, 3.8) is 0 Å². The Morgan fingerprint density at radius 1 is 1.33 bits per heavy atom. The largest absolute Gasteiger partial charge is 0.453 e. The molecule has 1 aromatic rings. The highest BCUT2D eigenvalue weighted by Gasteiger charge is 2.57. The Hall–Kier alpha value is -2.55. The molecular weight excluding hydrogens is 395 g/mol. The van der Waals surface area contributed by atoms with Gasteiger partial charge in [-0.2, -0.15) is 4.39 Å². The second kappa shape index (κ2) is 7.30. The van der Waals surface area contributed by atoms with Gasteiger partial charge in [0.1, 0.15) is 0 Å². The molecule has 0 heterocycles. The van der Waals surface area contributed by atoms with Gasteiger partial charge in [-0.3, -0.25) is 19.7 Å². The number of rotatable bonds is 6. The van der Waals surface area contributed by atoms with Gasteiger partial charge in [0.05, 0.1) is 16.9 Å². The molecule has 162 valence electrons. The molecule has 5 rings (SSSR count). The number of amides is 1. The summed E-state index contributed by atoms with van der Waals surface area (Å²) in [5.41, 5.74) is -1.65. The van der Waals surface area contributed by atoms with Crippen molar-refractivity contribution in [2.75, 3.05) is 5.32 Å². The van der Waals surface area contributed by atoms with E-state index in [0.717, 1.165) is 44.2 Å². The third kappa shape index (κ3) is 4.03. The lowest BCUT2D eigenvalue weighted by atomic mass is 9.47. The zero-order chi connectivity index (χ0) is 21.7. The van der Waals surface area contributed by atoms with E-state index in [-0.39, 0.29) is 17.5 Å². The average Bonchev–Trinajstić information content (AvgIpc) is 2.60. The normalized spacial score (nSPS) is 32.5. The minimum atomic E-state index is -1.11. The highest BCUT2D eigenvalue weighted by Crippen LogP contribution is 2.62. The van der Waals surface area contributed by atoms with Gasteiger partial charge in [-0.15, -0.1) is 0 Å². The highest BCUT2D eigenvalue weighted by molar-refractivity contribution is 5.95. The summed E-state index contributed by atoms with van der Waals surface area (Å²) in [7, 11) is 0. The number of aliphatic hydroxyl groups is 1. The number of halogens is 1. The van der Waals surface area contributed by atoms with E-state index in [1.807, 2.05) is 0 Å². The fourth-order valence-electron chi connectivity index (χ4n) is 6.18. The van der Waals surface area contributed by atoms with Crippen molar-refractivity contribution in [2.45, 2.75) is 63.6 Å². The predicted molar refractivity (Wildman–Crippen MR) is 104 cm³/mol. The van der Waals surface area contributed by atoms with Crippen LogP contribution < -0.4 is 5.32 Å². The highest BCUT2D eigenvalue weighted by atomic mass is 19.1. The zero-order valence-corrected chi connectivity index (χ0v) is 16.7. The molecule has 0 radical (unpaired) electrons. The minimum Gasteiger partial charge on any atom is -0.453 e. The summed E-state index contributed by atoms with van der Waals surface area (Å²) < 4.78 is 18.7. The van der Waals surface area contributed by atoms with Gasteiger partial charge in [0.2, 0.25) is 5.82 Å². The van der Waals surface area contributed by atoms with Crippen LogP contribution in [-0.4, -0.2) is 33.6 Å². The van der Waals surface area contributed by atoms with Gasteiger partial charge in [-0.25, -0.2) is 0 Å². The molecule has 0 saturated heterocycles. The molecule has 4 fully saturated rings. The molecule has 8 nitrogen and oxygen atoms in total. The molecule has 0 spiro atoms. The summed E-state index contributed by atoms with van der Waals surface area (Å²) in [6, 6.07) is 3.00. The average molecular weight is 420 g/mol. The lowest BCUT2D eigenvalue weighted by molar-refractivity contribution is -0.387. The molecule has 3 atom stereocenters. The third-order valence-corrected chi connectivity index (χ3v) is 6.76. The van der Waals surface area contributed by atoms with E-state index in [4.69, 9.17) is 4.74 Å². The van der Waals surface area contributed by atoms with Crippen LogP contribution in [0.5, 0.6) is 0 Å². The quantitative estimate of drug-likeness (QED) is 0.414. The predicted octanol–water partition coefficient (Wildman–Crippen LogP) is 3.33. The van der Waals surface area contributed by atoms with Crippen molar-refractivity contribution in [3.05, 3.63) is 34.1 Å². The number of nitro groups is 1. The van der Waals surface area contributed by atoms with Gasteiger partial charge < -0.3 is 15.2 Å². The van der Waals surface area contributed by atoms with Crippen LogP contribution in [0.4, 0.5) is 15.8 Å². The van der Waals surface area contributed by atoms with Gasteiger partial charge in [0, 0.05) is 11.8 Å². The number of esters is 1. The maximum absolute atomic E-state index is 13.4. The van der Waals surface area contributed by atoms with Gasteiger partial charge >= 0.3 is 11.7 Å². The Morgan fingerprint density at radius 3 is 2.60 bits per heavy atom. The molecule has 9 heteroatoms. The van der Waals surface area contributed by atoms with Crippen LogP contribution in [0.25, 0.3) is 0 Å². The lowest BCUT2D eigenvalue weighted by Crippen LogP contribution is -2.56. The fraction of sp³-hybridized carbons (Fsp3) is 0.619. The third-order valence-electron chi connectivity index (χ3n) is 6.76. The number of hydrogen-bond acceptors (Lipinski definition) is 6. The lowest BCUT2D eigenvalue weighted by Gasteiger charge is -2.60. The molecule has 4 bridgehead atoms. The van der Waals surface area contributed by atoms with Crippen molar-refractivity contribution in [3.8, 4) is 0 Å². The maximum atomic E-state index is 13.4. The summed E-state index contributed by atoms with van der Waals surface area (Å²) in [6.45, 7) is 1.42. The van der Waals surface area contributed by atoms with E-state index in [1.165, 1.54) is 13.0 Å². The number of hydrogen-bond donors (Lipinski definition) is 2. The summed E-state index contributed by atoms with van der Waals surface area (Å²) in [4.78, 5) is 34.8. The second-order valence-electron chi connectivity index (χ2n) is 9.41. The summed E-state index contributed by atoms with van der Waals surface area (Å²) in [5, 5.41) is 24.0. The van der Waals surface area contributed by atoms with Gasteiger partial charge in [0.25, 0.3) is 5.91 Å². The molecule has 0 aromatic heterocycles. The van der Waals surface area contributed by atoms with E-state index in [2.05, 4.69) is 5.32 Å². The molecular formula is C21H25FN2O6. The van der Waals surface area contributed by atoms with Gasteiger partial charge in [-0.1, -0.05) is 0 Å². The number of carbonyl (C=O) groups is 2. The van der Waals surface area contributed by atoms with Crippen molar-refractivity contribution in [2.24, 2.45) is 17.3 Å². The topological polar surface area (TPSA) is 119 Å². The fourth-order valence-corrected chi connectivity index (χ4v) is 6.18. The summed E-state index contributed by atoms with van der Waals surface area (Å²) >= 11 is 0. The summed E-state index contributed by atoms with van der Waals surface area (Å²) in [5.74, 6) is -1.27. The van der Waals surface area contributed by atoms with Crippen LogP contribution in [0.15, 0.2) is 18.2 Å². The van der Waals surface area contributed by atoms with Crippen molar-refractivity contribution in [1.82, 2.24) is 0 Å². The Labute approximate surface area is 172 Å². The van der Waals surface area contributed by atoms with Crippen LogP contribution in [0.1, 0.15) is 51.9 Å². The minimum absolute atomic E-state index is 0.0410. The first-order valence-corrected chi connectivity index (χ1v) is 10.2. The molecule has 3 unspecified atom stereocenters. The number of benzene rings is 1. The van der Waals surface area contributed by atoms with Crippen LogP contribution >= 0.6 is 0 Å². The number of nitro benzene ring substituents is 1. The van der Waals surface area contributed by atoms with Crippen LogP contribution in [0.3, 0.4) is 0 Å². The van der Waals surface area contributed by atoms with E-state index >= 15 is 0 Å². The molecule has 1 aromatic carbocycles. The van der Waals surface area contributed by atoms with E-state index in [1.54, 1.807) is 0 Å². The first kappa shape index (κ1) is 20.7. The first-order valence-electron chi connectivity index (χ1n) is 10.2. The van der Waals surface area contributed by atoms with Crippen molar-refractivity contribution in [1.29, 1.82) is 0 Å². The number of ether oxygens (including phenoxy) is 1. The monoisotopic (exact) mass is 420 g/mol. The number of nitrogens with one attached hydrogen (secondary N) is 1. The smallest absolute Gasteiger partial charge is 0.307 e. The van der Waals surface area contributed by atoms with E-state index in [9.17, 15) is 29.2 Å². The number of nitrogens with zero attached hydrogens (tertiary/aromatic N) is 1. The number of anilines is 1. The Bertz CT molecular complexity index is 889. The molecule has 4 aliphatic carbocycles. The van der Waals surface area contributed by atoms with Gasteiger partial charge in [0.15, 0.2) is 6.10 Å². The number of carbonyl (C=O) groups excluding carboxylic acids is 2. The molecule has 4 aliphatic rings. The van der Waals surface area contributed by atoms with E-state index < -0.39 is 40.0 Å². The standard InChI is InChI=1S/C21H25FN2O6/c1-12(19(26)23-15-2-3-16(22)17(5-15)24(28)29)30-18(25)10-20-6-13-4-14(7-20)9-21(27,8-13)11-20/h2-3,5,12-14,27H,4,6-11H2,1H3,(H,23,26). The zero-order valence-electron chi connectivity index (χ0n) is 16.7. The molecule has 2 N–H and O–H groups in total. The second-order valence-corrected chi connectivity index (χ2v) is 9.41. The first-order chi connectivity index (χ1) is 14.1.